The number of halogens is 4. The van der Waals surface area contributed by atoms with Crippen LogP contribution in [-0.4, -0.2) is 15.5 Å². The highest BCUT2D eigenvalue weighted by Gasteiger charge is 2.30. The van der Waals surface area contributed by atoms with Gasteiger partial charge >= 0.3 is 6.18 Å². The molecule has 0 aliphatic heterocycles. The maximum Gasteiger partial charge on any atom is 0.416 e. The number of nitrogens with one attached hydrogen (secondary N) is 1. The van der Waals surface area contributed by atoms with Gasteiger partial charge in [-0.3, -0.25) is 4.79 Å². The molecule has 1 aromatic heterocycles. The molecular formula is C16H9ClF3N3OS. The molecule has 0 unspecified atom stereocenters. The molecule has 1 amide bonds. The van der Waals surface area contributed by atoms with Crippen LogP contribution < -0.4 is 5.32 Å². The number of nitrogens with zero attached hydrogens (tertiary/aromatic N) is 2. The third-order valence-corrected chi connectivity index (χ3v) is 4.26. The number of carbonyl (C=O) groups excluding carboxylic acids is 1. The van der Waals surface area contributed by atoms with E-state index < -0.39 is 17.6 Å². The van der Waals surface area contributed by atoms with Gasteiger partial charge in [-0.1, -0.05) is 28.2 Å². The smallest absolute Gasteiger partial charge is 0.321 e. The lowest BCUT2D eigenvalue weighted by molar-refractivity contribution is -0.137. The molecule has 0 aliphatic carbocycles. The minimum atomic E-state index is -4.42. The summed E-state index contributed by atoms with van der Waals surface area (Å²) in [7, 11) is 0. The van der Waals surface area contributed by atoms with E-state index in [1.165, 1.54) is 12.1 Å². The lowest BCUT2D eigenvalue weighted by atomic mass is 10.1. The maximum atomic E-state index is 12.6. The fraction of sp³-hybridized carbons (Fsp3) is 0.0625. The molecule has 128 valence electrons. The summed E-state index contributed by atoms with van der Waals surface area (Å²) < 4.78 is 41.5. The summed E-state index contributed by atoms with van der Waals surface area (Å²) in [6.07, 6.45) is -4.42. The Morgan fingerprint density at radius 3 is 2.28 bits per heavy atom. The number of hydrogen-bond donors (Lipinski definition) is 1. The van der Waals surface area contributed by atoms with Gasteiger partial charge in [0.05, 0.1) is 5.56 Å². The molecule has 0 aliphatic rings. The van der Waals surface area contributed by atoms with Crippen LogP contribution in [0.1, 0.15) is 15.2 Å². The Bertz CT molecular complexity index is 892. The predicted molar refractivity (Wildman–Crippen MR) is 89.8 cm³/mol. The number of aromatic nitrogens is 2. The predicted octanol–water partition coefficient (Wildman–Crippen LogP) is 5.13. The molecule has 0 saturated carbocycles. The van der Waals surface area contributed by atoms with E-state index in [9.17, 15) is 18.0 Å². The third-order valence-electron chi connectivity index (χ3n) is 3.28. The van der Waals surface area contributed by atoms with E-state index in [-0.39, 0.29) is 10.6 Å². The molecule has 1 N–H and O–H groups in total. The van der Waals surface area contributed by atoms with Crippen LogP contribution in [0.4, 0.5) is 18.9 Å². The van der Waals surface area contributed by atoms with E-state index in [0.717, 1.165) is 23.7 Å². The average molecular weight is 384 g/mol. The second kappa shape index (κ2) is 6.81. The van der Waals surface area contributed by atoms with E-state index in [4.69, 9.17) is 11.6 Å². The van der Waals surface area contributed by atoms with E-state index >= 15 is 0 Å². The number of benzene rings is 2. The lowest BCUT2D eigenvalue weighted by Gasteiger charge is -2.08. The minimum Gasteiger partial charge on any atom is -0.321 e. The van der Waals surface area contributed by atoms with Gasteiger partial charge in [0.15, 0.2) is 0 Å². The fourth-order valence-corrected chi connectivity index (χ4v) is 2.78. The van der Waals surface area contributed by atoms with Crippen LogP contribution in [0.15, 0.2) is 48.5 Å². The number of anilines is 1. The molecule has 0 fully saturated rings. The van der Waals surface area contributed by atoms with Crippen molar-refractivity contribution in [1.29, 1.82) is 0 Å². The molecule has 0 radical (unpaired) electrons. The van der Waals surface area contributed by atoms with Crippen LogP contribution in [0.5, 0.6) is 0 Å². The largest absolute Gasteiger partial charge is 0.416 e. The van der Waals surface area contributed by atoms with Crippen LogP contribution in [-0.2, 0) is 6.18 Å². The topological polar surface area (TPSA) is 54.9 Å². The van der Waals surface area contributed by atoms with Crippen LogP contribution in [0.25, 0.3) is 11.3 Å². The van der Waals surface area contributed by atoms with E-state index in [1.54, 1.807) is 24.3 Å². The van der Waals surface area contributed by atoms with Gasteiger partial charge in [-0.2, -0.15) is 13.2 Å². The second-order valence-electron chi connectivity index (χ2n) is 4.99. The standard InChI is InChI=1S/C16H9ClF3N3OS/c17-11-5-1-9(2-6-11)13-14(25-23-22-13)15(24)21-12-7-3-10(4-8-12)16(18,19)20/h1-8H,(H,21,24). The zero-order valence-electron chi connectivity index (χ0n) is 12.3. The van der Waals surface area contributed by atoms with Gasteiger partial charge in [0, 0.05) is 16.3 Å². The average Bonchev–Trinajstić information content (AvgIpc) is 3.05. The molecule has 3 aromatic rings. The van der Waals surface area contributed by atoms with Crippen molar-refractivity contribution in [3.05, 3.63) is 64.0 Å². The SMILES string of the molecule is O=C(Nc1ccc(C(F)(F)F)cc1)c1snnc1-c1ccc(Cl)cc1. The highest BCUT2D eigenvalue weighted by atomic mass is 35.5. The van der Waals surface area contributed by atoms with Gasteiger partial charge in [-0.15, -0.1) is 5.10 Å². The number of carbonyl (C=O) groups is 1. The van der Waals surface area contributed by atoms with Crippen LogP contribution in [0, 0.1) is 0 Å². The Hall–Kier alpha value is -2.45. The van der Waals surface area contributed by atoms with Crippen molar-refractivity contribution < 1.29 is 18.0 Å². The van der Waals surface area contributed by atoms with Crippen molar-refractivity contribution in [3.8, 4) is 11.3 Å². The molecule has 0 saturated heterocycles. The third kappa shape index (κ3) is 3.97. The molecule has 0 bridgehead atoms. The van der Waals surface area contributed by atoms with Gasteiger partial charge in [-0.05, 0) is 47.9 Å². The molecule has 4 nitrogen and oxygen atoms in total. The van der Waals surface area contributed by atoms with Crippen molar-refractivity contribution in [2.75, 3.05) is 5.32 Å². The summed E-state index contributed by atoms with van der Waals surface area (Å²) in [5.74, 6) is -0.500. The summed E-state index contributed by atoms with van der Waals surface area (Å²) in [6.45, 7) is 0. The fourth-order valence-electron chi connectivity index (χ4n) is 2.07. The molecule has 0 spiro atoms. The summed E-state index contributed by atoms with van der Waals surface area (Å²) in [6, 6.07) is 10.9. The molecular weight excluding hydrogens is 375 g/mol. The van der Waals surface area contributed by atoms with Crippen LogP contribution >= 0.6 is 23.1 Å². The van der Waals surface area contributed by atoms with Crippen molar-refractivity contribution in [2.45, 2.75) is 6.18 Å². The Morgan fingerprint density at radius 2 is 1.68 bits per heavy atom. The quantitative estimate of drug-likeness (QED) is 0.682. The zero-order valence-corrected chi connectivity index (χ0v) is 13.9. The monoisotopic (exact) mass is 383 g/mol. The zero-order chi connectivity index (χ0) is 18.0. The van der Waals surface area contributed by atoms with Gasteiger partial charge < -0.3 is 5.32 Å². The molecule has 2 aromatic carbocycles. The summed E-state index contributed by atoms with van der Waals surface area (Å²) in [5, 5.41) is 7.03. The number of rotatable bonds is 3. The van der Waals surface area contributed by atoms with Crippen LogP contribution in [0.2, 0.25) is 5.02 Å². The molecule has 0 atom stereocenters. The molecule has 3 rings (SSSR count). The number of amides is 1. The normalized spacial score (nSPS) is 11.4. The minimum absolute atomic E-state index is 0.244. The summed E-state index contributed by atoms with van der Waals surface area (Å²) >= 11 is 6.73. The second-order valence-corrected chi connectivity index (χ2v) is 6.18. The Kier molecular flexibility index (Phi) is 4.73. The number of hydrogen-bond acceptors (Lipinski definition) is 4. The van der Waals surface area contributed by atoms with Crippen molar-refractivity contribution >= 4 is 34.7 Å². The Balaban J connectivity index is 1.81. The van der Waals surface area contributed by atoms with Crippen molar-refractivity contribution in [1.82, 2.24) is 9.59 Å². The Morgan fingerprint density at radius 1 is 1.04 bits per heavy atom. The van der Waals surface area contributed by atoms with Crippen molar-refractivity contribution in [3.63, 3.8) is 0 Å². The lowest BCUT2D eigenvalue weighted by Crippen LogP contribution is -2.12. The van der Waals surface area contributed by atoms with Gasteiger partial charge in [-0.25, -0.2) is 0 Å². The molecule has 25 heavy (non-hydrogen) atoms. The first-order valence-electron chi connectivity index (χ1n) is 6.91. The van der Waals surface area contributed by atoms with E-state index in [2.05, 4.69) is 14.9 Å². The summed E-state index contributed by atoms with van der Waals surface area (Å²) in [5.41, 5.74) is 0.502. The highest BCUT2D eigenvalue weighted by Crippen LogP contribution is 2.30. The van der Waals surface area contributed by atoms with Crippen LogP contribution in [0.3, 0.4) is 0 Å². The van der Waals surface area contributed by atoms with E-state index in [0.29, 0.717) is 16.3 Å². The first-order valence-corrected chi connectivity index (χ1v) is 8.06. The van der Waals surface area contributed by atoms with Gasteiger partial charge in [0.1, 0.15) is 10.6 Å². The van der Waals surface area contributed by atoms with Gasteiger partial charge in [0.2, 0.25) is 0 Å². The van der Waals surface area contributed by atoms with Crippen molar-refractivity contribution in [2.24, 2.45) is 0 Å². The molecule has 1 heterocycles. The summed E-state index contributed by atoms with van der Waals surface area (Å²) in [4.78, 5) is 12.6. The Labute approximate surface area is 149 Å². The van der Waals surface area contributed by atoms with E-state index in [1.807, 2.05) is 0 Å². The highest BCUT2D eigenvalue weighted by molar-refractivity contribution is 7.08. The maximum absolute atomic E-state index is 12.6. The van der Waals surface area contributed by atoms with Gasteiger partial charge in [0.25, 0.3) is 5.91 Å². The number of alkyl halides is 3. The first kappa shape index (κ1) is 17.4. The first-order chi connectivity index (χ1) is 11.8. The molecule has 9 heteroatoms.